The molecule has 0 aliphatic heterocycles. The topological polar surface area (TPSA) is 69.8 Å². The third-order valence-electron chi connectivity index (χ3n) is 7.13. The van der Waals surface area contributed by atoms with Crippen LogP contribution in [-0.4, -0.2) is 20.7 Å². The van der Waals surface area contributed by atoms with Crippen LogP contribution >= 0.6 is 0 Å². The molecular formula is C28H23N3O. The molecule has 0 spiro atoms. The average Bonchev–Trinajstić information content (AvgIpc) is 3.67. The maximum Gasteiger partial charge on any atom is 0.149 e. The molecule has 0 radical (unpaired) electrons. The lowest BCUT2D eigenvalue weighted by Gasteiger charge is -2.44. The quantitative estimate of drug-likeness (QED) is 0.452. The van der Waals surface area contributed by atoms with Crippen molar-refractivity contribution in [3.05, 3.63) is 84.2 Å². The van der Waals surface area contributed by atoms with Crippen molar-refractivity contribution < 1.29 is 5.11 Å². The molecule has 32 heavy (non-hydrogen) atoms. The molecule has 6 rings (SSSR count). The van der Waals surface area contributed by atoms with Crippen molar-refractivity contribution in [1.82, 2.24) is 9.97 Å². The van der Waals surface area contributed by atoms with Gasteiger partial charge in [-0.2, -0.15) is 5.26 Å². The highest BCUT2D eigenvalue weighted by molar-refractivity contribution is 5.93. The Kier molecular flexibility index (Phi) is 4.34. The van der Waals surface area contributed by atoms with Crippen LogP contribution in [0.3, 0.4) is 0 Å². The Morgan fingerprint density at radius 3 is 2.38 bits per heavy atom. The van der Waals surface area contributed by atoms with Gasteiger partial charge in [-0.1, -0.05) is 54.6 Å². The van der Waals surface area contributed by atoms with Crippen LogP contribution < -0.4 is 0 Å². The first-order chi connectivity index (χ1) is 15.6. The normalized spacial score (nSPS) is 22.3. The van der Waals surface area contributed by atoms with Gasteiger partial charge in [0.05, 0.1) is 16.8 Å². The zero-order valence-electron chi connectivity index (χ0n) is 17.7. The maximum absolute atomic E-state index is 10.7. The molecule has 0 bridgehead atoms. The van der Waals surface area contributed by atoms with Gasteiger partial charge < -0.3 is 5.11 Å². The van der Waals surface area contributed by atoms with Crippen molar-refractivity contribution in [3.8, 4) is 28.5 Å². The SMILES string of the molecule is N#Cc1nccc2nc(-c3ccc(C4CC(O)(C5CC5)C4)cc3)c(-c3ccccc3)cc12. The Morgan fingerprint density at radius 2 is 1.69 bits per heavy atom. The maximum atomic E-state index is 10.7. The fraction of sp³-hybridized carbons (Fsp3) is 0.250. The fourth-order valence-electron chi connectivity index (χ4n) is 5.14. The van der Waals surface area contributed by atoms with Crippen LogP contribution in [0.2, 0.25) is 0 Å². The molecule has 2 aromatic carbocycles. The van der Waals surface area contributed by atoms with E-state index in [1.165, 1.54) is 18.4 Å². The van der Waals surface area contributed by atoms with Gasteiger partial charge in [0, 0.05) is 22.7 Å². The summed E-state index contributed by atoms with van der Waals surface area (Å²) in [5.41, 5.74) is 6.01. The number of rotatable bonds is 4. The number of nitriles is 1. The van der Waals surface area contributed by atoms with E-state index < -0.39 is 5.60 Å². The summed E-state index contributed by atoms with van der Waals surface area (Å²) in [4.78, 5) is 9.18. The fourth-order valence-corrected chi connectivity index (χ4v) is 5.14. The Hall–Kier alpha value is -3.55. The van der Waals surface area contributed by atoms with Crippen LogP contribution in [0.25, 0.3) is 33.3 Å². The van der Waals surface area contributed by atoms with E-state index in [-0.39, 0.29) is 0 Å². The molecule has 2 aliphatic carbocycles. The molecule has 2 saturated carbocycles. The zero-order valence-corrected chi connectivity index (χ0v) is 17.7. The molecule has 0 unspecified atom stereocenters. The molecule has 1 N–H and O–H groups in total. The molecule has 4 heteroatoms. The Bertz CT molecular complexity index is 1350. The number of fused-ring (bicyclic) bond motifs is 1. The lowest BCUT2D eigenvalue weighted by Crippen LogP contribution is -2.44. The van der Waals surface area contributed by atoms with Crippen molar-refractivity contribution in [3.63, 3.8) is 0 Å². The summed E-state index contributed by atoms with van der Waals surface area (Å²) in [5, 5.41) is 21.0. The van der Waals surface area contributed by atoms with Crippen molar-refractivity contribution >= 4 is 10.9 Å². The van der Waals surface area contributed by atoms with Crippen LogP contribution in [0.5, 0.6) is 0 Å². The van der Waals surface area contributed by atoms with Gasteiger partial charge >= 0.3 is 0 Å². The molecule has 4 aromatic rings. The van der Waals surface area contributed by atoms with Crippen LogP contribution in [0, 0.1) is 17.2 Å². The predicted octanol–water partition coefficient (Wildman–Crippen LogP) is 5.85. The van der Waals surface area contributed by atoms with Gasteiger partial charge in [-0.05, 0) is 60.8 Å². The largest absolute Gasteiger partial charge is 0.390 e. The number of hydrogen-bond donors (Lipinski definition) is 1. The van der Waals surface area contributed by atoms with E-state index in [0.29, 0.717) is 17.5 Å². The van der Waals surface area contributed by atoms with Crippen LogP contribution in [0.4, 0.5) is 0 Å². The Balaban J connectivity index is 1.41. The second kappa shape index (κ2) is 7.25. The second-order valence-corrected chi connectivity index (χ2v) is 9.19. The van der Waals surface area contributed by atoms with Crippen molar-refractivity contribution in [1.29, 1.82) is 5.26 Å². The van der Waals surface area contributed by atoms with Gasteiger partial charge in [0.1, 0.15) is 11.8 Å². The molecular weight excluding hydrogens is 394 g/mol. The summed E-state index contributed by atoms with van der Waals surface area (Å²) in [6, 6.07) is 24.9. The number of benzene rings is 2. The highest BCUT2D eigenvalue weighted by Gasteiger charge is 2.52. The summed E-state index contributed by atoms with van der Waals surface area (Å²) in [6.45, 7) is 0. The van der Waals surface area contributed by atoms with E-state index in [0.717, 1.165) is 46.1 Å². The molecule has 0 saturated heterocycles. The van der Waals surface area contributed by atoms with Crippen LogP contribution in [-0.2, 0) is 0 Å². The van der Waals surface area contributed by atoms with E-state index in [1.807, 2.05) is 30.3 Å². The molecule has 4 nitrogen and oxygen atoms in total. The summed E-state index contributed by atoms with van der Waals surface area (Å²) < 4.78 is 0. The molecule has 0 atom stereocenters. The van der Waals surface area contributed by atoms with E-state index in [2.05, 4.69) is 47.5 Å². The Labute approximate surface area is 187 Å². The minimum atomic E-state index is -0.420. The van der Waals surface area contributed by atoms with Crippen molar-refractivity contribution in [2.45, 2.75) is 37.2 Å². The lowest BCUT2D eigenvalue weighted by molar-refractivity contribution is -0.0679. The van der Waals surface area contributed by atoms with Gasteiger partial charge in [0.25, 0.3) is 0 Å². The third-order valence-corrected chi connectivity index (χ3v) is 7.13. The van der Waals surface area contributed by atoms with Crippen molar-refractivity contribution in [2.75, 3.05) is 0 Å². The van der Waals surface area contributed by atoms with Gasteiger partial charge in [-0.3, -0.25) is 0 Å². The number of aromatic nitrogens is 2. The second-order valence-electron chi connectivity index (χ2n) is 9.19. The van der Waals surface area contributed by atoms with E-state index in [9.17, 15) is 10.4 Å². The minimum Gasteiger partial charge on any atom is -0.390 e. The highest BCUT2D eigenvalue weighted by atomic mass is 16.3. The number of aliphatic hydroxyl groups is 1. The number of hydrogen-bond acceptors (Lipinski definition) is 4. The first-order valence-corrected chi connectivity index (χ1v) is 11.2. The molecule has 2 aromatic heterocycles. The number of pyridine rings is 2. The van der Waals surface area contributed by atoms with E-state index in [1.54, 1.807) is 6.20 Å². The first-order valence-electron chi connectivity index (χ1n) is 11.2. The standard InChI is InChI=1S/C28H23N3O/c29-17-26-24-14-23(19-4-2-1-3-5-19)27(31-25(24)12-13-30-26)20-8-6-18(7-9-20)21-15-28(32,16-21)22-10-11-22/h1-9,12-14,21-22,32H,10-11,15-16H2. The summed E-state index contributed by atoms with van der Waals surface area (Å²) in [7, 11) is 0. The smallest absolute Gasteiger partial charge is 0.149 e. The minimum absolute atomic E-state index is 0.391. The summed E-state index contributed by atoms with van der Waals surface area (Å²) in [6.07, 6.45) is 5.76. The summed E-state index contributed by atoms with van der Waals surface area (Å²) in [5.74, 6) is 0.970. The van der Waals surface area contributed by atoms with Crippen LogP contribution in [0.1, 0.15) is 42.9 Å². The van der Waals surface area contributed by atoms with Gasteiger partial charge in [0.2, 0.25) is 0 Å². The van der Waals surface area contributed by atoms with Gasteiger partial charge in [-0.15, -0.1) is 0 Å². The predicted molar refractivity (Wildman–Crippen MR) is 125 cm³/mol. The average molecular weight is 418 g/mol. The zero-order chi connectivity index (χ0) is 21.7. The molecule has 156 valence electrons. The van der Waals surface area contributed by atoms with Crippen molar-refractivity contribution in [2.24, 2.45) is 5.92 Å². The monoisotopic (exact) mass is 417 g/mol. The molecule has 2 heterocycles. The lowest BCUT2D eigenvalue weighted by atomic mass is 9.65. The number of nitrogens with zero attached hydrogens (tertiary/aromatic N) is 3. The van der Waals surface area contributed by atoms with E-state index in [4.69, 9.17) is 4.98 Å². The first kappa shape index (κ1) is 19.2. The molecule has 2 aliphatic rings. The summed E-state index contributed by atoms with van der Waals surface area (Å²) >= 11 is 0. The van der Waals surface area contributed by atoms with Gasteiger partial charge in [0.15, 0.2) is 0 Å². The third kappa shape index (κ3) is 3.18. The van der Waals surface area contributed by atoms with E-state index >= 15 is 0 Å². The Morgan fingerprint density at radius 1 is 0.938 bits per heavy atom. The molecule has 2 fully saturated rings. The molecule has 0 amide bonds. The van der Waals surface area contributed by atoms with Gasteiger partial charge in [-0.25, -0.2) is 9.97 Å². The van der Waals surface area contributed by atoms with Crippen LogP contribution in [0.15, 0.2) is 72.9 Å². The highest BCUT2D eigenvalue weighted by Crippen LogP contribution is 2.56.